The summed E-state index contributed by atoms with van der Waals surface area (Å²) in [5.74, 6) is 0. The van der Waals surface area contributed by atoms with Gasteiger partial charge >= 0.3 is 6.09 Å². The molecule has 0 aromatic rings. The van der Waals surface area contributed by atoms with E-state index in [1.807, 2.05) is 0 Å². The second-order valence-electron chi connectivity index (χ2n) is 4.92. The predicted octanol–water partition coefficient (Wildman–Crippen LogP) is 1.54. The fraction of sp³-hybridized carbons (Fsp3) is 0.909. The fourth-order valence-electron chi connectivity index (χ4n) is 2.05. The van der Waals surface area contributed by atoms with Crippen LogP contribution < -0.4 is 11.1 Å². The summed E-state index contributed by atoms with van der Waals surface area (Å²) in [5.41, 5.74) is 5.88. The van der Waals surface area contributed by atoms with E-state index in [0.717, 1.165) is 38.5 Å². The molecule has 2 aliphatic rings. The van der Waals surface area contributed by atoms with Gasteiger partial charge in [-0.1, -0.05) is 19.3 Å². The fourth-order valence-corrected chi connectivity index (χ4v) is 2.05. The number of carbonyl (C=O) groups is 1. The van der Waals surface area contributed by atoms with Gasteiger partial charge in [-0.3, -0.25) is 0 Å². The van der Waals surface area contributed by atoms with Crippen LogP contribution in [0.5, 0.6) is 0 Å². The third-order valence-corrected chi connectivity index (χ3v) is 3.24. The zero-order valence-corrected chi connectivity index (χ0v) is 9.13. The van der Waals surface area contributed by atoms with Crippen LogP contribution in [0.3, 0.4) is 0 Å². The summed E-state index contributed by atoms with van der Waals surface area (Å²) in [6.45, 7) is 0.367. The molecule has 4 heteroatoms. The third-order valence-electron chi connectivity index (χ3n) is 3.24. The lowest BCUT2D eigenvalue weighted by Crippen LogP contribution is -2.47. The second-order valence-corrected chi connectivity index (χ2v) is 4.92. The highest BCUT2D eigenvalue weighted by atomic mass is 16.5. The summed E-state index contributed by atoms with van der Waals surface area (Å²) in [5, 5.41) is 2.79. The number of ether oxygens (including phenoxy) is 1. The van der Waals surface area contributed by atoms with E-state index >= 15 is 0 Å². The van der Waals surface area contributed by atoms with Crippen molar-refractivity contribution in [1.29, 1.82) is 0 Å². The molecule has 0 bridgehead atoms. The van der Waals surface area contributed by atoms with Crippen LogP contribution >= 0.6 is 0 Å². The van der Waals surface area contributed by atoms with Crippen molar-refractivity contribution < 1.29 is 9.53 Å². The number of nitrogens with one attached hydrogen (secondary N) is 1. The Morgan fingerprint density at radius 2 is 2.00 bits per heavy atom. The Balaban J connectivity index is 1.68. The van der Waals surface area contributed by atoms with E-state index in [1.54, 1.807) is 0 Å². The van der Waals surface area contributed by atoms with Gasteiger partial charge in [0.15, 0.2) is 0 Å². The number of nitrogens with two attached hydrogens (primary N) is 1. The van der Waals surface area contributed by atoms with Crippen LogP contribution in [0.1, 0.15) is 44.9 Å². The third kappa shape index (κ3) is 3.38. The van der Waals surface area contributed by atoms with Gasteiger partial charge in [-0.05, 0) is 25.7 Å². The molecule has 0 atom stereocenters. The minimum atomic E-state index is -0.298. The molecular weight excluding hydrogens is 192 g/mol. The number of hydrogen-bond donors (Lipinski definition) is 2. The summed E-state index contributed by atoms with van der Waals surface area (Å²) in [4.78, 5) is 11.3. The topological polar surface area (TPSA) is 64.3 Å². The van der Waals surface area contributed by atoms with E-state index in [4.69, 9.17) is 10.5 Å². The van der Waals surface area contributed by atoms with E-state index in [-0.39, 0.29) is 11.6 Å². The van der Waals surface area contributed by atoms with E-state index in [9.17, 15) is 4.79 Å². The molecule has 2 saturated carbocycles. The average Bonchev–Trinajstić information content (AvgIpc) is 3.00. The first-order valence-corrected chi connectivity index (χ1v) is 5.90. The monoisotopic (exact) mass is 212 g/mol. The van der Waals surface area contributed by atoms with E-state index in [1.165, 1.54) is 6.42 Å². The van der Waals surface area contributed by atoms with Gasteiger partial charge in [0.2, 0.25) is 0 Å². The molecule has 0 spiro atoms. The Labute approximate surface area is 90.5 Å². The first-order chi connectivity index (χ1) is 7.18. The zero-order valence-electron chi connectivity index (χ0n) is 9.13. The lowest BCUT2D eigenvalue weighted by atomic mass is 9.83. The van der Waals surface area contributed by atoms with Crippen LogP contribution in [-0.4, -0.2) is 24.3 Å². The molecule has 0 radical (unpaired) electrons. The van der Waals surface area contributed by atoms with Crippen molar-refractivity contribution in [3.63, 3.8) is 0 Å². The normalized spacial score (nSPS) is 24.6. The summed E-state index contributed by atoms with van der Waals surface area (Å²) in [6.07, 6.45) is 7.40. The van der Waals surface area contributed by atoms with Crippen LogP contribution in [0.2, 0.25) is 0 Å². The molecule has 0 aliphatic heterocycles. The molecule has 0 aromatic heterocycles. The molecule has 86 valence electrons. The number of hydrogen-bond acceptors (Lipinski definition) is 3. The average molecular weight is 212 g/mol. The van der Waals surface area contributed by atoms with Crippen molar-refractivity contribution in [2.75, 3.05) is 6.61 Å². The largest absolute Gasteiger partial charge is 0.448 e. The number of carbonyl (C=O) groups excluding carboxylic acids is 1. The molecule has 0 saturated heterocycles. The summed E-state index contributed by atoms with van der Waals surface area (Å²) in [6, 6.07) is 0.359. The van der Waals surface area contributed by atoms with Gasteiger partial charge < -0.3 is 15.8 Å². The molecule has 15 heavy (non-hydrogen) atoms. The molecule has 2 rings (SSSR count). The van der Waals surface area contributed by atoms with E-state index in [0.29, 0.717) is 12.6 Å². The number of amides is 1. The molecule has 0 aromatic carbocycles. The van der Waals surface area contributed by atoms with E-state index in [2.05, 4.69) is 5.32 Å². The van der Waals surface area contributed by atoms with Crippen molar-refractivity contribution in [1.82, 2.24) is 5.32 Å². The molecule has 4 nitrogen and oxygen atoms in total. The quantitative estimate of drug-likeness (QED) is 0.745. The molecule has 2 aliphatic carbocycles. The van der Waals surface area contributed by atoms with Gasteiger partial charge in [0.05, 0.1) is 5.54 Å². The smallest absolute Gasteiger partial charge is 0.407 e. The van der Waals surface area contributed by atoms with Crippen LogP contribution in [-0.2, 0) is 4.74 Å². The number of rotatable bonds is 3. The Kier molecular flexibility index (Phi) is 3.14. The molecule has 2 fully saturated rings. The summed E-state index contributed by atoms with van der Waals surface area (Å²) < 4.78 is 5.16. The molecule has 3 N–H and O–H groups in total. The minimum Gasteiger partial charge on any atom is -0.448 e. The second kappa shape index (κ2) is 4.39. The first-order valence-electron chi connectivity index (χ1n) is 5.90. The summed E-state index contributed by atoms with van der Waals surface area (Å²) >= 11 is 0. The predicted molar refractivity (Wildman–Crippen MR) is 57.5 cm³/mol. The highest BCUT2D eigenvalue weighted by Crippen LogP contribution is 2.26. The van der Waals surface area contributed by atoms with Gasteiger partial charge in [0.1, 0.15) is 6.61 Å². The van der Waals surface area contributed by atoms with Crippen LogP contribution in [0.15, 0.2) is 0 Å². The van der Waals surface area contributed by atoms with Crippen molar-refractivity contribution in [2.24, 2.45) is 5.73 Å². The maximum Gasteiger partial charge on any atom is 0.407 e. The highest BCUT2D eigenvalue weighted by Gasteiger charge is 2.30. The first kappa shape index (κ1) is 10.7. The molecular formula is C11H20N2O2. The molecule has 0 heterocycles. The highest BCUT2D eigenvalue weighted by molar-refractivity contribution is 5.68. The Morgan fingerprint density at radius 3 is 2.60 bits per heavy atom. The minimum absolute atomic E-state index is 0.265. The van der Waals surface area contributed by atoms with Crippen molar-refractivity contribution in [2.45, 2.75) is 56.5 Å². The lowest BCUT2D eigenvalue weighted by Gasteiger charge is -2.32. The van der Waals surface area contributed by atoms with Gasteiger partial charge in [0.25, 0.3) is 0 Å². The molecule has 0 unspecified atom stereocenters. The van der Waals surface area contributed by atoms with Gasteiger partial charge in [-0.15, -0.1) is 0 Å². The van der Waals surface area contributed by atoms with Gasteiger partial charge in [-0.25, -0.2) is 4.79 Å². The maximum atomic E-state index is 11.3. The van der Waals surface area contributed by atoms with E-state index < -0.39 is 0 Å². The van der Waals surface area contributed by atoms with Crippen molar-refractivity contribution in [3.05, 3.63) is 0 Å². The zero-order chi connectivity index (χ0) is 10.7. The van der Waals surface area contributed by atoms with Crippen molar-refractivity contribution in [3.8, 4) is 0 Å². The molecule has 1 amide bonds. The summed E-state index contributed by atoms with van der Waals surface area (Å²) in [7, 11) is 0. The van der Waals surface area contributed by atoms with Crippen LogP contribution in [0, 0.1) is 0 Å². The SMILES string of the molecule is NC1(COC(=O)NC2CC2)CCCCC1. The van der Waals surface area contributed by atoms with Crippen LogP contribution in [0.4, 0.5) is 4.79 Å². The lowest BCUT2D eigenvalue weighted by molar-refractivity contribution is 0.101. The van der Waals surface area contributed by atoms with Crippen LogP contribution in [0.25, 0.3) is 0 Å². The number of alkyl carbamates (subject to hydrolysis) is 1. The Hall–Kier alpha value is -0.770. The Morgan fingerprint density at radius 1 is 1.33 bits per heavy atom. The van der Waals surface area contributed by atoms with Gasteiger partial charge in [0, 0.05) is 6.04 Å². The Bertz CT molecular complexity index is 233. The standard InChI is InChI=1S/C11H20N2O2/c12-11(6-2-1-3-7-11)8-15-10(14)13-9-4-5-9/h9H,1-8,12H2,(H,13,14). The maximum absolute atomic E-state index is 11.3. The van der Waals surface area contributed by atoms with Gasteiger partial charge in [-0.2, -0.15) is 0 Å². The van der Waals surface area contributed by atoms with Crippen molar-refractivity contribution >= 4 is 6.09 Å².